The minimum atomic E-state index is 0.120. The Hall–Kier alpha value is -2.95. The van der Waals surface area contributed by atoms with Gasteiger partial charge in [-0.1, -0.05) is 12.1 Å². The first-order chi connectivity index (χ1) is 13.2. The summed E-state index contributed by atoms with van der Waals surface area (Å²) >= 11 is 0. The van der Waals surface area contributed by atoms with Gasteiger partial charge in [0.15, 0.2) is 11.5 Å². The zero-order valence-electron chi connectivity index (χ0n) is 15.7. The average molecular weight is 364 g/mol. The molecular weight excluding hydrogens is 340 g/mol. The SMILES string of the molecule is COc1ccc(CC2CCN(C(=O)c3cccc4[nH]ccc34)C2)cc1OC. The van der Waals surface area contributed by atoms with Gasteiger partial charge in [-0.3, -0.25) is 4.79 Å². The van der Waals surface area contributed by atoms with Gasteiger partial charge < -0.3 is 19.4 Å². The number of nitrogens with zero attached hydrogens (tertiary/aromatic N) is 1. The van der Waals surface area contributed by atoms with Gasteiger partial charge in [0.2, 0.25) is 0 Å². The molecule has 1 unspecified atom stereocenters. The summed E-state index contributed by atoms with van der Waals surface area (Å²) in [6.45, 7) is 1.59. The number of fused-ring (bicyclic) bond motifs is 1. The van der Waals surface area contributed by atoms with Crippen molar-refractivity contribution in [1.82, 2.24) is 9.88 Å². The van der Waals surface area contributed by atoms with E-state index in [0.717, 1.165) is 53.9 Å². The van der Waals surface area contributed by atoms with E-state index in [2.05, 4.69) is 11.1 Å². The van der Waals surface area contributed by atoms with Crippen LogP contribution in [0.25, 0.3) is 10.9 Å². The molecule has 5 nitrogen and oxygen atoms in total. The van der Waals surface area contributed by atoms with Crippen molar-refractivity contribution in [3.05, 3.63) is 59.8 Å². The van der Waals surface area contributed by atoms with Crippen LogP contribution in [0.15, 0.2) is 48.7 Å². The standard InChI is InChI=1S/C22H24N2O3/c1-26-20-7-6-15(13-21(20)27-2)12-16-9-11-24(14-16)22(25)18-4-3-5-19-17(18)8-10-23-19/h3-8,10,13,16,23H,9,11-12,14H2,1-2H3. The minimum absolute atomic E-state index is 0.120. The summed E-state index contributed by atoms with van der Waals surface area (Å²) < 4.78 is 10.7. The molecule has 1 atom stereocenters. The Morgan fingerprint density at radius 3 is 2.81 bits per heavy atom. The molecule has 2 aromatic carbocycles. The lowest BCUT2D eigenvalue weighted by atomic mass is 9.98. The van der Waals surface area contributed by atoms with E-state index in [-0.39, 0.29) is 5.91 Å². The Kier molecular flexibility index (Phi) is 4.75. The van der Waals surface area contributed by atoms with Crippen LogP contribution in [0.3, 0.4) is 0 Å². The highest BCUT2D eigenvalue weighted by atomic mass is 16.5. The number of likely N-dealkylation sites (tertiary alicyclic amines) is 1. The van der Waals surface area contributed by atoms with Crippen LogP contribution >= 0.6 is 0 Å². The van der Waals surface area contributed by atoms with Gasteiger partial charge in [0.1, 0.15) is 0 Å². The zero-order chi connectivity index (χ0) is 18.8. The van der Waals surface area contributed by atoms with Gasteiger partial charge >= 0.3 is 0 Å². The molecular formula is C22H24N2O3. The van der Waals surface area contributed by atoms with Gasteiger partial charge in [0.25, 0.3) is 5.91 Å². The molecule has 1 aliphatic heterocycles. The van der Waals surface area contributed by atoms with Gasteiger partial charge in [-0.15, -0.1) is 0 Å². The Balaban J connectivity index is 1.46. The number of aromatic amines is 1. The second-order valence-electron chi connectivity index (χ2n) is 7.04. The maximum atomic E-state index is 13.0. The van der Waals surface area contributed by atoms with Crippen molar-refractivity contribution in [2.24, 2.45) is 5.92 Å². The number of hydrogen-bond acceptors (Lipinski definition) is 3. The number of amides is 1. The summed E-state index contributed by atoms with van der Waals surface area (Å²) in [6, 6.07) is 13.9. The van der Waals surface area contributed by atoms with E-state index in [1.807, 2.05) is 47.5 Å². The van der Waals surface area contributed by atoms with E-state index >= 15 is 0 Å². The van der Waals surface area contributed by atoms with Crippen LogP contribution in [0, 0.1) is 5.92 Å². The van der Waals surface area contributed by atoms with Crippen LogP contribution in [0.1, 0.15) is 22.3 Å². The van der Waals surface area contributed by atoms with Crippen molar-refractivity contribution < 1.29 is 14.3 Å². The third kappa shape index (κ3) is 3.37. The van der Waals surface area contributed by atoms with Gasteiger partial charge in [-0.2, -0.15) is 0 Å². The fraction of sp³-hybridized carbons (Fsp3) is 0.318. The number of H-pyrrole nitrogens is 1. The van der Waals surface area contributed by atoms with Crippen LogP contribution in [0.2, 0.25) is 0 Å². The predicted octanol–water partition coefficient (Wildman–Crippen LogP) is 3.89. The largest absolute Gasteiger partial charge is 0.493 e. The van der Waals surface area contributed by atoms with Crippen molar-refractivity contribution >= 4 is 16.8 Å². The Morgan fingerprint density at radius 1 is 1.15 bits per heavy atom. The smallest absolute Gasteiger partial charge is 0.254 e. The molecule has 0 saturated carbocycles. The summed E-state index contributed by atoms with van der Waals surface area (Å²) in [6.07, 6.45) is 3.83. The number of methoxy groups -OCH3 is 2. The second kappa shape index (κ2) is 7.35. The fourth-order valence-corrected chi connectivity index (χ4v) is 3.97. The lowest BCUT2D eigenvalue weighted by Gasteiger charge is -2.17. The summed E-state index contributed by atoms with van der Waals surface area (Å²) in [4.78, 5) is 18.2. The van der Waals surface area contributed by atoms with Gasteiger partial charge in [-0.25, -0.2) is 0 Å². The Labute approximate surface area is 158 Å². The molecule has 1 N–H and O–H groups in total. The van der Waals surface area contributed by atoms with Crippen LogP contribution < -0.4 is 9.47 Å². The Bertz CT molecular complexity index is 963. The highest BCUT2D eigenvalue weighted by Gasteiger charge is 2.28. The molecule has 0 aliphatic carbocycles. The summed E-state index contributed by atoms with van der Waals surface area (Å²) in [5, 5.41) is 0.992. The maximum Gasteiger partial charge on any atom is 0.254 e. The number of ether oxygens (including phenoxy) is 2. The van der Waals surface area contributed by atoms with E-state index in [1.165, 1.54) is 5.56 Å². The summed E-state index contributed by atoms with van der Waals surface area (Å²) in [5.41, 5.74) is 2.99. The molecule has 1 aromatic heterocycles. The summed E-state index contributed by atoms with van der Waals surface area (Å²) in [7, 11) is 3.29. The van der Waals surface area contributed by atoms with Crippen molar-refractivity contribution in [2.45, 2.75) is 12.8 Å². The number of nitrogens with one attached hydrogen (secondary N) is 1. The van der Waals surface area contributed by atoms with E-state index in [9.17, 15) is 4.79 Å². The zero-order valence-corrected chi connectivity index (χ0v) is 15.7. The molecule has 0 radical (unpaired) electrons. The molecule has 1 fully saturated rings. The lowest BCUT2D eigenvalue weighted by Crippen LogP contribution is -2.29. The van der Waals surface area contributed by atoms with Crippen molar-refractivity contribution in [2.75, 3.05) is 27.3 Å². The van der Waals surface area contributed by atoms with Gasteiger partial charge in [0, 0.05) is 35.8 Å². The van der Waals surface area contributed by atoms with Crippen LogP contribution in [0.4, 0.5) is 0 Å². The van der Waals surface area contributed by atoms with E-state index in [0.29, 0.717) is 5.92 Å². The first kappa shape index (κ1) is 17.5. The molecule has 1 saturated heterocycles. The fourth-order valence-electron chi connectivity index (χ4n) is 3.97. The number of carbonyl (C=O) groups excluding carboxylic acids is 1. The van der Waals surface area contributed by atoms with Crippen molar-refractivity contribution in [3.63, 3.8) is 0 Å². The quantitative estimate of drug-likeness (QED) is 0.747. The highest BCUT2D eigenvalue weighted by Crippen LogP contribution is 2.30. The van der Waals surface area contributed by atoms with Crippen LogP contribution in [-0.2, 0) is 6.42 Å². The van der Waals surface area contributed by atoms with Crippen molar-refractivity contribution in [1.29, 1.82) is 0 Å². The molecule has 2 heterocycles. The first-order valence-electron chi connectivity index (χ1n) is 9.26. The van der Waals surface area contributed by atoms with Crippen LogP contribution in [0.5, 0.6) is 11.5 Å². The number of benzene rings is 2. The lowest BCUT2D eigenvalue weighted by molar-refractivity contribution is 0.0789. The van der Waals surface area contributed by atoms with Gasteiger partial charge in [0.05, 0.1) is 14.2 Å². The molecule has 27 heavy (non-hydrogen) atoms. The van der Waals surface area contributed by atoms with E-state index in [4.69, 9.17) is 9.47 Å². The molecule has 140 valence electrons. The third-order valence-electron chi connectivity index (χ3n) is 5.37. The van der Waals surface area contributed by atoms with Crippen molar-refractivity contribution in [3.8, 4) is 11.5 Å². The Morgan fingerprint density at radius 2 is 2.00 bits per heavy atom. The average Bonchev–Trinajstić information content (AvgIpc) is 3.36. The molecule has 1 aliphatic rings. The molecule has 0 bridgehead atoms. The molecule has 3 aromatic rings. The second-order valence-corrected chi connectivity index (χ2v) is 7.04. The molecule has 4 rings (SSSR count). The topological polar surface area (TPSA) is 54.6 Å². The van der Waals surface area contributed by atoms with Gasteiger partial charge in [-0.05, 0) is 54.7 Å². The molecule has 1 amide bonds. The van der Waals surface area contributed by atoms with E-state index in [1.54, 1.807) is 14.2 Å². The summed E-state index contributed by atoms with van der Waals surface area (Å²) in [5.74, 6) is 2.07. The first-order valence-corrected chi connectivity index (χ1v) is 9.26. The normalized spacial score (nSPS) is 16.7. The number of aromatic nitrogens is 1. The molecule has 0 spiro atoms. The third-order valence-corrected chi connectivity index (χ3v) is 5.37. The minimum Gasteiger partial charge on any atom is -0.493 e. The monoisotopic (exact) mass is 364 g/mol. The predicted molar refractivity (Wildman–Crippen MR) is 106 cm³/mol. The number of carbonyl (C=O) groups is 1. The number of rotatable bonds is 5. The molecule has 5 heteroatoms. The maximum absolute atomic E-state index is 13.0. The van der Waals surface area contributed by atoms with Crippen LogP contribution in [-0.4, -0.2) is 43.1 Å². The number of hydrogen-bond donors (Lipinski definition) is 1. The highest BCUT2D eigenvalue weighted by molar-refractivity contribution is 6.06. The van der Waals surface area contributed by atoms with E-state index < -0.39 is 0 Å².